The molecule has 0 spiro atoms. The summed E-state index contributed by atoms with van der Waals surface area (Å²) in [6, 6.07) is 11.0. The normalized spacial score (nSPS) is 16.3. The Morgan fingerprint density at radius 2 is 2.04 bits per heavy atom. The van der Waals surface area contributed by atoms with Crippen molar-refractivity contribution in [3.8, 4) is 22.6 Å². The molecule has 3 N–H and O–H groups in total. The van der Waals surface area contributed by atoms with Crippen molar-refractivity contribution in [2.75, 3.05) is 13.2 Å². The minimum absolute atomic E-state index is 0.000149. The van der Waals surface area contributed by atoms with Gasteiger partial charge in [0.25, 0.3) is 0 Å². The van der Waals surface area contributed by atoms with Crippen molar-refractivity contribution in [3.63, 3.8) is 0 Å². The van der Waals surface area contributed by atoms with E-state index in [4.69, 9.17) is 22.1 Å². The molecule has 1 heterocycles. The Balaban J connectivity index is 1.98. The quantitative estimate of drug-likeness (QED) is 0.838. The van der Waals surface area contributed by atoms with Gasteiger partial charge >= 0.3 is 0 Å². The van der Waals surface area contributed by atoms with Crippen molar-refractivity contribution in [3.05, 3.63) is 47.0 Å². The maximum absolute atomic E-state index is 13.0. The molecule has 1 aliphatic heterocycles. The van der Waals surface area contributed by atoms with Gasteiger partial charge in [-0.1, -0.05) is 37.6 Å². The van der Waals surface area contributed by atoms with E-state index < -0.39 is 5.54 Å². The fourth-order valence-corrected chi connectivity index (χ4v) is 3.28. The molecule has 0 saturated carbocycles. The zero-order chi connectivity index (χ0) is 19.8. The zero-order valence-electron chi connectivity index (χ0n) is 15.8. The van der Waals surface area contributed by atoms with Crippen molar-refractivity contribution < 1.29 is 14.6 Å². The van der Waals surface area contributed by atoms with Gasteiger partial charge in [0.1, 0.15) is 6.61 Å². The number of ether oxygens (including phenoxy) is 1. The van der Waals surface area contributed by atoms with Crippen molar-refractivity contribution in [1.29, 1.82) is 0 Å². The summed E-state index contributed by atoms with van der Waals surface area (Å²) in [5.41, 5.74) is 7.75. The van der Waals surface area contributed by atoms with Crippen LogP contribution in [0.4, 0.5) is 0 Å². The lowest BCUT2D eigenvalue weighted by Crippen LogP contribution is -2.56. The second-order valence-electron chi connectivity index (χ2n) is 7.51. The van der Waals surface area contributed by atoms with E-state index >= 15 is 0 Å². The van der Waals surface area contributed by atoms with Crippen molar-refractivity contribution in [1.82, 2.24) is 4.90 Å². The third-order valence-electron chi connectivity index (χ3n) is 5.22. The van der Waals surface area contributed by atoms with Crippen LogP contribution < -0.4 is 10.5 Å². The van der Waals surface area contributed by atoms with E-state index in [0.29, 0.717) is 30.5 Å². The number of amides is 1. The number of rotatable bonds is 3. The maximum atomic E-state index is 13.0. The molecule has 1 aliphatic rings. The van der Waals surface area contributed by atoms with Crippen LogP contribution in [0.3, 0.4) is 0 Å². The molecule has 0 bridgehead atoms. The van der Waals surface area contributed by atoms with Gasteiger partial charge in [-0.25, -0.2) is 0 Å². The summed E-state index contributed by atoms with van der Waals surface area (Å²) >= 11 is 6.09. The summed E-state index contributed by atoms with van der Waals surface area (Å²) in [4.78, 5) is 14.7. The molecule has 2 aromatic carbocycles. The van der Waals surface area contributed by atoms with Crippen LogP contribution in [-0.4, -0.2) is 34.6 Å². The highest BCUT2D eigenvalue weighted by Crippen LogP contribution is 2.38. The topological polar surface area (TPSA) is 75.8 Å². The number of carbonyl (C=O) groups excluding carboxylic acids is 1. The average Bonchev–Trinajstić information content (AvgIpc) is 2.83. The molecular weight excluding hydrogens is 364 g/mol. The lowest BCUT2D eigenvalue weighted by Gasteiger charge is -2.33. The minimum atomic E-state index is -0.961. The third kappa shape index (κ3) is 3.89. The first-order valence-corrected chi connectivity index (χ1v) is 9.41. The first kappa shape index (κ1) is 19.5. The zero-order valence-corrected chi connectivity index (χ0v) is 16.6. The Labute approximate surface area is 164 Å². The Bertz CT molecular complexity index is 865. The van der Waals surface area contributed by atoms with Gasteiger partial charge in [0, 0.05) is 17.1 Å². The van der Waals surface area contributed by atoms with Gasteiger partial charge in [-0.15, -0.1) is 0 Å². The second-order valence-corrected chi connectivity index (χ2v) is 7.94. The molecule has 6 heteroatoms. The van der Waals surface area contributed by atoms with Crippen LogP contribution in [0.25, 0.3) is 11.1 Å². The lowest BCUT2D eigenvalue weighted by atomic mass is 9.88. The van der Waals surface area contributed by atoms with Gasteiger partial charge in [0.15, 0.2) is 11.5 Å². The lowest BCUT2D eigenvalue weighted by molar-refractivity contribution is -0.138. The van der Waals surface area contributed by atoms with Crippen LogP contribution in [0, 0.1) is 5.92 Å². The van der Waals surface area contributed by atoms with E-state index in [2.05, 4.69) is 0 Å². The first-order valence-electron chi connectivity index (χ1n) is 9.03. The van der Waals surface area contributed by atoms with Gasteiger partial charge in [-0.05, 0) is 48.2 Å². The summed E-state index contributed by atoms with van der Waals surface area (Å²) in [6.45, 7) is 6.67. The first-order chi connectivity index (χ1) is 12.7. The van der Waals surface area contributed by atoms with Crippen LogP contribution in [-0.2, 0) is 11.3 Å². The standard InChI is InChI=1S/C21H25ClN2O3/c1-13(2)21(3,23)20(26)24-7-8-27-19-16(12-24)9-15(11-18(19)25)14-5-4-6-17(22)10-14/h4-6,9-11,13,25H,7-8,12,23H2,1-3H3/t21-/m1/s1. The van der Waals surface area contributed by atoms with E-state index in [1.165, 1.54) is 0 Å². The number of fused-ring (bicyclic) bond motifs is 1. The highest BCUT2D eigenvalue weighted by molar-refractivity contribution is 6.30. The number of nitrogens with zero attached hydrogens (tertiary/aromatic N) is 1. The predicted molar refractivity (Wildman–Crippen MR) is 107 cm³/mol. The molecule has 1 atom stereocenters. The summed E-state index contributed by atoms with van der Waals surface area (Å²) in [5.74, 6) is 0.344. The second kappa shape index (κ2) is 7.41. The molecular formula is C21H25ClN2O3. The van der Waals surface area contributed by atoms with Gasteiger partial charge in [-0.2, -0.15) is 0 Å². The molecule has 0 saturated heterocycles. The van der Waals surface area contributed by atoms with Crippen molar-refractivity contribution in [2.24, 2.45) is 11.7 Å². The number of phenols is 1. The molecule has 3 rings (SSSR count). The number of hydrogen-bond donors (Lipinski definition) is 2. The Kier molecular flexibility index (Phi) is 5.36. The van der Waals surface area contributed by atoms with E-state index in [-0.39, 0.29) is 17.6 Å². The fraction of sp³-hybridized carbons (Fsp3) is 0.381. The maximum Gasteiger partial charge on any atom is 0.243 e. The summed E-state index contributed by atoms with van der Waals surface area (Å²) in [6.07, 6.45) is 0. The van der Waals surface area contributed by atoms with E-state index in [1.807, 2.05) is 38.1 Å². The number of hydrogen-bond acceptors (Lipinski definition) is 4. The highest BCUT2D eigenvalue weighted by atomic mass is 35.5. The molecule has 0 aromatic heterocycles. The molecule has 1 amide bonds. The summed E-state index contributed by atoms with van der Waals surface area (Å²) < 4.78 is 5.74. The van der Waals surface area contributed by atoms with Crippen LogP contribution in [0.5, 0.6) is 11.5 Å². The average molecular weight is 389 g/mol. The third-order valence-corrected chi connectivity index (χ3v) is 5.46. The van der Waals surface area contributed by atoms with E-state index in [0.717, 1.165) is 16.7 Å². The Morgan fingerprint density at radius 3 is 2.70 bits per heavy atom. The van der Waals surface area contributed by atoms with Crippen molar-refractivity contribution >= 4 is 17.5 Å². The fourth-order valence-electron chi connectivity index (χ4n) is 3.09. The number of halogens is 1. The van der Waals surface area contributed by atoms with Crippen LogP contribution in [0.15, 0.2) is 36.4 Å². The number of benzene rings is 2. The smallest absolute Gasteiger partial charge is 0.243 e. The molecule has 27 heavy (non-hydrogen) atoms. The molecule has 2 aromatic rings. The molecule has 0 unspecified atom stereocenters. The minimum Gasteiger partial charge on any atom is -0.504 e. The Hall–Kier alpha value is -2.24. The van der Waals surface area contributed by atoms with Gasteiger partial charge in [0.05, 0.1) is 12.1 Å². The number of carbonyl (C=O) groups is 1. The number of phenolic OH excluding ortho intramolecular Hbond substituents is 1. The van der Waals surface area contributed by atoms with Crippen LogP contribution in [0.2, 0.25) is 5.02 Å². The Morgan fingerprint density at radius 1 is 1.30 bits per heavy atom. The van der Waals surface area contributed by atoms with Crippen LogP contribution >= 0.6 is 11.6 Å². The van der Waals surface area contributed by atoms with E-state index in [9.17, 15) is 9.90 Å². The number of nitrogens with two attached hydrogens (primary N) is 1. The van der Waals surface area contributed by atoms with Gasteiger partial charge < -0.3 is 20.5 Å². The summed E-state index contributed by atoms with van der Waals surface area (Å²) in [7, 11) is 0. The molecule has 0 fully saturated rings. The van der Waals surface area contributed by atoms with Gasteiger partial charge in [-0.3, -0.25) is 4.79 Å². The van der Waals surface area contributed by atoms with Crippen LogP contribution in [0.1, 0.15) is 26.3 Å². The SMILES string of the molecule is CC(C)[C@@](C)(N)C(=O)N1CCOc2c(O)cc(-c3cccc(Cl)c3)cc2C1. The monoisotopic (exact) mass is 388 g/mol. The highest BCUT2D eigenvalue weighted by Gasteiger charge is 2.36. The molecule has 0 aliphatic carbocycles. The van der Waals surface area contributed by atoms with Crippen molar-refractivity contribution in [2.45, 2.75) is 32.9 Å². The summed E-state index contributed by atoms with van der Waals surface area (Å²) in [5, 5.41) is 11.1. The molecule has 5 nitrogen and oxygen atoms in total. The predicted octanol–water partition coefficient (Wildman–Crippen LogP) is 3.81. The van der Waals surface area contributed by atoms with E-state index in [1.54, 1.807) is 24.0 Å². The molecule has 144 valence electrons. The largest absolute Gasteiger partial charge is 0.504 e. The van der Waals surface area contributed by atoms with Gasteiger partial charge in [0.2, 0.25) is 5.91 Å². The molecule has 0 radical (unpaired) electrons. The number of aromatic hydroxyl groups is 1.